The van der Waals surface area contributed by atoms with E-state index >= 15 is 0 Å². The zero-order valence-corrected chi connectivity index (χ0v) is 18.2. The molecule has 2 aromatic carbocycles. The molecule has 1 saturated carbocycles. The summed E-state index contributed by atoms with van der Waals surface area (Å²) in [5.74, 6) is -2.17. The molecule has 174 valence electrons. The number of hydrogen-bond acceptors (Lipinski definition) is 5. The van der Waals surface area contributed by atoms with E-state index in [2.05, 4.69) is 15.3 Å². The molecule has 0 spiro atoms. The van der Waals surface area contributed by atoms with E-state index in [1.165, 1.54) is 30.3 Å². The summed E-state index contributed by atoms with van der Waals surface area (Å²) >= 11 is 0. The predicted octanol–water partition coefficient (Wildman–Crippen LogP) is 4.50. The van der Waals surface area contributed by atoms with Crippen molar-refractivity contribution in [1.29, 1.82) is 0 Å². The standard InChI is InChI=1S/C25H21F3N4O2/c1-13-12-14(26)8-9-15(13)22-16-10-11-21(34)32(23-17(27)4-2-5-18(23)28)24(16)31-25(30-22)29-19-6-3-7-20(19)33/h2,4-5,8-12,19-20,33H,3,6-7H2,1H3,(H,29,30,31)/t19-,20-/m0/s1. The summed E-state index contributed by atoms with van der Waals surface area (Å²) in [5, 5.41) is 13.7. The molecule has 2 N–H and O–H groups in total. The first-order valence-electron chi connectivity index (χ1n) is 10.9. The van der Waals surface area contributed by atoms with Gasteiger partial charge in [-0.2, -0.15) is 4.98 Å². The van der Waals surface area contributed by atoms with Crippen LogP contribution in [0.15, 0.2) is 53.3 Å². The Labute approximate surface area is 192 Å². The number of benzene rings is 2. The zero-order chi connectivity index (χ0) is 24.0. The van der Waals surface area contributed by atoms with Crippen molar-refractivity contribution in [3.05, 3.63) is 81.9 Å². The van der Waals surface area contributed by atoms with Crippen molar-refractivity contribution in [2.75, 3.05) is 5.32 Å². The third-order valence-electron chi connectivity index (χ3n) is 6.15. The van der Waals surface area contributed by atoms with Gasteiger partial charge in [0.2, 0.25) is 5.95 Å². The molecule has 2 heterocycles. The number of nitrogens with zero attached hydrogens (tertiary/aromatic N) is 3. The minimum atomic E-state index is -0.923. The molecule has 6 nitrogen and oxygen atoms in total. The van der Waals surface area contributed by atoms with Gasteiger partial charge in [-0.25, -0.2) is 18.2 Å². The minimum Gasteiger partial charge on any atom is -0.391 e. The van der Waals surface area contributed by atoms with Crippen LogP contribution in [0.3, 0.4) is 0 Å². The molecule has 9 heteroatoms. The Morgan fingerprint density at radius 2 is 1.79 bits per heavy atom. The number of aliphatic hydroxyl groups is 1. The lowest BCUT2D eigenvalue weighted by atomic mass is 10.0. The molecule has 0 bridgehead atoms. The number of para-hydroxylation sites is 1. The van der Waals surface area contributed by atoms with Gasteiger partial charge in [-0.1, -0.05) is 6.07 Å². The smallest absolute Gasteiger partial charge is 0.256 e. The van der Waals surface area contributed by atoms with Gasteiger partial charge in [0.05, 0.1) is 17.8 Å². The Balaban J connectivity index is 1.83. The molecule has 0 saturated heterocycles. The van der Waals surface area contributed by atoms with Crippen molar-refractivity contribution in [2.24, 2.45) is 0 Å². The SMILES string of the molecule is Cc1cc(F)ccc1-c1nc(N[C@H]2CCC[C@@H]2O)nc2c1ccc(=O)n2-c1c(F)cccc1F. The fourth-order valence-electron chi connectivity index (χ4n) is 4.47. The van der Waals surface area contributed by atoms with Crippen molar-refractivity contribution in [3.8, 4) is 16.9 Å². The summed E-state index contributed by atoms with van der Waals surface area (Å²) in [6, 6.07) is 9.89. The second-order valence-electron chi connectivity index (χ2n) is 8.42. The number of pyridine rings is 1. The number of aliphatic hydroxyl groups excluding tert-OH is 1. The van der Waals surface area contributed by atoms with Crippen LogP contribution in [0.2, 0.25) is 0 Å². The summed E-state index contributed by atoms with van der Waals surface area (Å²) in [7, 11) is 0. The molecule has 4 aromatic rings. The zero-order valence-electron chi connectivity index (χ0n) is 18.2. The minimum absolute atomic E-state index is 0.0137. The summed E-state index contributed by atoms with van der Waals surface area (Å²) < 4.78 is 44.1. The number of anilines is 1. The molecular weight excluding hydrogens is 445 g/mol. The number of fused-ring (bicyclic) bond motifs is 1. The predicted molar refractivity (Wildman–Crippen MR) is 122 cm³/mol. The van der Waals surface area contributed by atoms with Crippen LogP contribution in [0, 0.1) is 24.4 Å². The molecule has 0 amide bonds. The van der Waals surface area contributed by atoms with Gasteiger partial charge in [0, 0.05) is 17.0 Å². The van der Waals surface area contributed by atoms with Crippen LogP contribution in [0.4, 0.5) is 19.1 Å². The summed E-state index contributed by atoms with van der Waals surface area (Å²) in [6.45, 7) is 1.72. The van der Waals surface area contributed by atoms with E-state index in [4.69, 9.17) is 0 Å². The highest BCUT2D eigenvalue weighted by molar-refractivity contribution is 5.93. The molecular formula is C25H21F3N4O2. The molecule has 34 heavy (non-hydrogen) atoms. The third-order valence-corrected chi connectivity index (χ3v) is 6.15. The van der Waals surface area contributed by atoms with Crippen LogP contribution in [-0.4, -0.2) is 31.8 Å². The van der Waals surface area contributed by atoms with Gasteiger partial charge in [-0.05, 0) is 68.1 Å². The number of halogens is 3. The van der Waals surface area contributed by atoms with E-state index in [1.807, 2.05) is 0 Å². The first-order chi connectivity index (χ1) is 16.3. The Hall–Kier alpha value is -3.72. The van der Waals surface area contributed by atoms with E-state index in [9.17, 15) is 23.1 Å². The summed E-state index contributed by atoms with van der Waals surface area (Å²) in [4.78, 5) is 21.9. The average Bonchev–Trinajstić information content (AvgIpc) is 3.19. The maximum atomic E-state index is 14.7. The first-order valence-corrected chi connectivity index (χ1v) is 10.9. The summed E-state index contributed by atoms with van der Waals surface area (Å²) in [5.41, 5.74) is 0.280. The highest BCUT2D eigenvalue weighted by Crippen LogP contribution is 2.32. The van der Waals surface area contributed by atoms with Crippen molar-refractivity contribution in [1.82, 2.24) is 14.5 Å². The largest absolute Gasteiger partial charge is 0.391 e. The van der Waals surface area contributed by atoms with Crippen LogP contribution in [0.1, 0.15) is 24.8 Å². The van der Waals surface area contributed by atoms with E-state index in [1.54, 1.807) is 13.0 Å². The van der Waals surface area contributed by atoms with Crippen molar-refractivity contribution in [3.63, 3.8) is 0 Å². The monoisotopic (exact) mass is 466 g/mol. The average molecular weight is 466 g/mol. The molecule has 1 fully saturated rings. The van der Waals surface area contributed by atoms with Crippen LogP contribution >= 0.6 is 0 Å². The second-order valence-corrected chi connectivity index (χ2v) is 8.42. The van der Waals surface area contributed by atoms with Crippen LogP contribution < -0.4 is 10.9 Å². The highest BCUT2D eigenvalue weighted by Gasteiger charge is 2.27. The van der Waals surface area contributed by atoms with Gasteiger partial charge in [-0.3, -0.25) is 9.36 Å². The maximum Gasteiger partial charge on any atom is 0.256 e. The van der Waals surface area contributed by atoms with Gasteiger partial charge in [-0.15, -0.1) is 0 Å². The first kappa shape index (κ1) is 22.1. The van der Waals surface area contributed by atoms with Gasteiger partial charge in [0.15, 0.2) is 5.65 Å². The van der Waals surface area contributed by atoms with E-state index in [-0.39, 0.29) is 17.6 Å². The topological polar surface area (TPSA) is 80.0 Å². The fraction of sp³-hybridized carbons (Fsp3) is 0.240. The quantitative estimate of drug-likeness (QED) is 0.463. The molecule has 5 rings (SSSR count). The van der Waals surface area contributed by atoms with Crippen LogP contribution in [0.25, 0.3) is 28.0 Å². The Morgan fingerprint density at radius 3 is 2.47 bits per heavy atom. The third kappa shape index (κ3) is 3.81. The summed E-state index contributed by atoms with van der Waals surface area (Å²) in [6.07, 6.45) is 1.54. The van der Waals surface area contributed by atoms with Crippen molar-refractivity contribution >= 4 is 17.0 Å². The van der Waals surface area contributed by atoms with Crippen LogP contribution in [0.5, 0.6) is 0 Å². The Kier molecular flexibility index (Phi) is 5.57. The molecule has 1 aliphatic carbocycles. The second kappa shape index (κ2) is 8.57. The number of nitrogens with one attached hydrogen (secondary N) is 1. The molecule has 0 radical (unpaired) electrons. The molecule has 1 aliphatic rings. The Bertz CT molecular complexity index is 1450. The lowest BCUT2D eigenvalue weighted by Crippen LogP contribution is -2.29. The number of aryl methyl sites for hydroxylation is 1. The number of rotatable bonds is 4. The number of aromatic nitrogens is 3. The lowest BCUT2D eigenvalue weighted by molar-refractivity contribution is 0.171. The molecule has 0 aliphatic heterocycles. The number of hydrogen-bond donors (Lipinski definition) is 2. The van der Waals surface area contributed by atoms with E-state index < -0.39 is 34.8 Å². The Morgan fingerprint density at radius 1 is 1.03 bits per heavy atom. The lowest BCUT2D eigenvalue weighted by Gasteiger charge is -2.19. The fourth-order valence-corrected chi connectivity index (χ4v) is 4.47. The van der Waals surface area contributed by atoms with Gasteiger partial charge >= 0.3 is 0 Å². The van der Waals surface area contributed by atoms with E-state index in [0.717, 1.165) is 23.1 Å². The van der Waals surface area contributed by atoms with E-state index in [0.29, 0.717) is 35.0 Å². The molecule has 2 aromatic heterocycles. The van der Waals surface area contributed by atoms with Crippen molar-refractivity contribution < 1.29 is 18.3 Å². The molecule has 0 unspecified atom stereocenters. The van der Waals surface area contributed by atoms with Gasteiger partial charge < -0.3 is 10.4 Å². The van der Waals surface area contributed by atoms with Gasteiger partial charge in [0.1, 0.15) is 23.1 Å². The van der Waals surface area contributed by atoms with Gasteiger partial charge in [0.25, 0.3) is 5.56 Å². The normalized spacial score (nSPS) is 17.9. The van der Waals surface area contributed by atoms with Crippen molar-refractivity contribution in [2.45, 2.75) is 38.3 Å². The highest BCUT2D eigenvalue weighted by atomic mass is 19.1. The van der Waals surface area contributed by atoms with Crippen LogP contribution in [-0.2, 0) is 0 Å². The molecule has 2 atom stereocenters. The maximum absolute atomic E-state index is 14.7.